The van der Waals surface area contributed by atoms with Crippen molar-refractivity contribution in [2.24, 2.45) is 0 Å². The molecule has 1 heterocycles. The first kappa shape index (κ1) is 21.1. The lowest BCUT2D eigenvalue weighted by Gasteiger charge is -2.25. The van der Waals surface area contributed by atoms with Crippen molar-refractivity contribution in [3.05, 3.63) is 76.0 Å². The predicted octanol–water partition coefficient (Wildman–Crippen LogP) is 5.35. The lowest BCUT2D eigenvalue weighted by atomic mass is 10.0. The number of aromatic nitrogens is 1. The van der Waals surface area contributed by atoms with Crippen LogP contribution in [0.3, 0.4) is 0 Å². The third-order valence-corrected chi connectivity index (χ3v) is 4.71. The second kappa shape index (κ2) is 8.39. The van der Waals surface area contributed by atoms with Crippen molar-refractivity contribution in [3.63, 3.8) is 0 Å². The van der Waals surface area contributed by atoms with Gasteiger partial charge < -0.3 is 10.1 Å². The zero-order valence-electron chi connectivity index (χ0n) is 16.2. The van der Waals surface area contributed by atoms with E-state index in [1.807, 2.05) is 6.07 Å². The summed E-state index contributed by atoms with van der Waals surface area (Å²) in [6, 6.07) is 12.9. The second-order valence-electron chi connectivity index (χ2n) is 7.51. The Balaban J connectivity index is 1.93. The van der Waals surface area contributed by atoms with Crippen molar-refractivity contribution >= 4 is 45.9 Å². The molecule has 0 saturated carbocycles. The van der Waals surface area contributed by atoms with Crippen LogP contribution >= 0.6 is 23.2 Å². The van der Waals surface area contributed by atoms with Crippen LogP contribution in [0.2, 0.25) is 10.2 Å². The number of pyridine rings is 1. The molecular formula is C22H20Cl2N2O3. The molecule has 1 aromatic heterocycles. The maximum absolute atomic E-state index is 12.9. The predicted molar refractivity (Wildman–Crippen MR) is 114 cm³/mol. The molecule has 0 aliphatic heterocycles. The average molecular weight is 431 g/mol. The molecule has 0 aliphatic carbocycles. The first-order valence-corrected chi connectivity index (χ1v) is 9.74. The molecule has 0 saturated heterocycles. The SMILES string of the molecule is CC(C)(C)OC(=O)[C@H](NC(=O)c1ccc2c(Cl)cnc(Cl)c2c1)c1ccccc1. The molecule has 29 heavy (non-hydrogen) atoms. The maximum atomic E-state index is 12.9. The fraction of sp³-hybridized carbons (Fsp3) is 0.227. The number of nitrogens with zero attached hydrogens (tertiary/aromatic N) is 1. The Morgan fingerprint density at radius 1 is 1.03 bits per heavy atom. The van der Waals surface area contributed by atoms with Gasteiger partial charge in [-0.25, -0.2) is 9.78 Å². The van der Waals surface area contributed by atoms with Gasteiger partial charge in [0.15, 0.2) is 6.04 Å². The summed E-state index contributed by atoms with van der Waals surface area (Å²) in [4.78, 5) is 29.7. The number of amides is 1. The number of esters is 1. The van der Waals surface area contributed by atoms with Crippen molar-refractivity contribution in [1.82, 2.24) is 10.3 Å². The molecule has 0 unspecified atom stereocenters. The van der Waals surface area contributed by atoms with E-state index in [1.54, 1.807) is 63.2 Å². The van der Waals surface area contributed by atoms with Crippen molar-refractivity contribution in [3.8, 4) is 0 Å². The van der Waals surface area contributed by atoms with Gasteiger partial charge in [0.25, 0.3) is 5.91 Å². The highest BCUT2D eigenvalue weighted by Gasteiger charge is 2.28. The molecule has 3 aromatic rings. The van der Waals surface area contributed by atoms with Gasteiger partial charge in [0.05, 0.1) is 5.02 Å². The van der Waals surface area contributed by atoms with Crippen molar-refractivity contribution in [2.75, 3.05) is 0 Å². The van der Waals surface area contributed by atoms with Crippen LogP contribution in [0, 0.1) is 0 Å². The van der Waals surface area contributed by atoms with Crippen LogP contribution in [0.5, 0.6) is 0 Å². The summed E-state index contributed by atoms with van der Waals surface area (Å²) in [6.07, 6.45) is 1.46. The lowest BCUT2D eigenvalue weighted by molar-refractivity contribution is -0.157. The van der Waals surface area contributed by atoms with Crippen LogP contribution in [0.15, 0.2) is 54.7 Å². The smallest absolute Gasteiger partial charge is 0.333 e. The van der Waals surface area contributed by atoms with Gasteiger partial charge in [-0.3, -0.25) is 4.79 Å². The van der Waals surface area contributed by atoms with E-state index in [0.717, 1.165) is 0 Å². The van der Waals surface area contributed by atoms with E-state index in [2.05, 4.69) is 10.3 Å². The zero-order chi connectivity index (χ0) is 21.2. The van der Waals surface area contributed by atoms with E-state index < -0.39 is 23.5 Å². The Hall–Kier alpha value is -2.63. The quantitative estimate of drug-likeness (QED) is 0.447. The maximum Gasteiger partial charge on any atom is 0.333 e. The number of ether oxygens (including phenoxy) is 1. The summed E-state index contributed by atoms with van der Waals surface area (Å²) < 4.78 is 5.49. The van der Waals surface area contributed by atoms with Gasteiger partial charge in [-0.2, -0.15) is 0 Å². The van der Waals surface area contributed by atoms with Crippen LogP contribution in [0.25, 0.3) is 10.8 Å². The third kappa shape index (κ3) is 5.05. The molecule has 0 bridgehead atoms. The zero-order valence-corrected chi connectivity index (χ0v) is 17.7. The van der Waals surface area contributed by atoms with Crippen LogP contribution < -0.4 is 5.32 Å². The Bertz CT molecular complexity index is 1060. The fourth-order valence-electron chi connectivity index (χ4n) is 2.82. The number of hydrogen-bond acceptors (Lipinski definition) is 4. The van der Waals surface area contributed by atoms with E-state index in [4.69, 9.17) is 27.9 Å². The Morgan fingerprint density at radius 2 is 1.72 bits per heavy atom. The Labute approximate surface area is 179 Å². The summed E-state index contributed by atoms with van der Waals surface area (Å²) in [5.74, 6) is -0.983. The molecule has 0 spiro atoms. The summed E-state index contributed by atoms with van der Waals surface area (Å²) in [5, 5.41) is 4.69. The van der Waals surface area contributed by atoms with E-state index in [-0.39, 0.29) is 5.15 Å². The van der Waals surface area contributed by atoms with E-state index in [9.17, 15) is 9.59 Å². The van der Waals surface area contributed by atoms with Gasteiger partial charge in [-0.05, 0) is 38.5 Å². The summed E-state index contributed by atoms with van der Waals surface area (Å²) >= 11 is 12.3. The monoisotopic (exact) mass is 430 g/mol. The molecule has 7 heteroatoms. The summed E-state index contributed by atoms with van der Waals surface area (Å²) in [7, 11) is 0. The Morgan fingerprint density at radius 3 is 2.38 bits per heavy atom. The molecule has 5 nitrogen and oxygen atoms in total. The van der Waals surface area contributed by atoms with Crippen LogP contribution in [0.4, 0.5) is 0 Å². The number of nitrogens with one attached hydrogen (secondary N) is 1. The molecule has 1 atom stereocenters. The minimum Gasteiger partial charge on any atom is -0.458 e. The van der Waals surface area contributed by atoms with Crippen LogP contribution in [0.1, 0.15) is 42.7 Å². The first-order valence-electron chi connectivity index (χ1n) is 8.98. The first-order chi connectivity index (χ1) is 13.7. The van der Waals surface area contributed by atoms with Gasteiger partial charge in [0.2, 0.25) is 0 Å². The number of benzene rings is 2. The molecule has 0 fully saturated rings. The normalized spacial score (nSPS) is 12.4. The van der Waals surface area contributed by atoms with Crippen molar-refractivity contribution < 1.29 is 14.3 Å². The van der Waals surface area contributed by atoms with Gasteiger partial charge in [-0.15, -0.1) is 0 Å². The second-order valence-corrected chi connectivity index (χ2v) is 8.27. The van der Waals surface area contributed by atoms with Crippen LogP contribution in [-0.2, 0) is 9.53 Å². The van der Waals surface area contributed by atoms with E-state index >= 15 is 0 Å². The molecule has 150 valence electrons. The molecule has 1 N–H and O–H groups in total. The lowest BCUT2D eigenvalue weighted by Crippen LogP contribution is -2.38. The molecule has 0 aliphatic rings. The number of halogens is 2. The molecule has 3 rings (SSSR count). The largest absolute Gasteiger partial charge is 0.458 e. The highest BCUT2D eigenvalue weighted by molar-refractivity contribution is 6.39. The number of fused-ring (bicyclic) bond motifs is 1. The number of hydrogen-bond donors (Lipinski definition) is 1. The van der Waals surface area contributed by atoms with Crippen LogP contribution in [-0.4, -0.2) is 22.5 Å². The summed E-state index contributed by atoms with van der Waals surface area (Å²) in [5.41, 5.74) is 0.264. The third-order valence-electron chi connectivity index (χ3n) is 4.10. The number of rotatable bonds is 4. The fourth-order valence-corrected chi connectivity index (χ4v) is 3.23. The minimum atomic E-state index is -0.952. The minimum absolute atomic E-state index is 0.241. The molecule has 0 radical (unpaired) electrons. The Kier molecular flexibility index (Phi) is 6.10. The van der Waals surface area contributed by atoms with Gasteiger partial charge >= 0.3 is 5.97 Å². The highest BCUT2D eigenvalue weighted by atomic mass is 35.5. The molecule has 1 amide bonds. The van der Waals surface area contributed by atoms with Crippen molar-refractivity contribution in [1.29, 1.82) is 0 Å². The van der Waals surface area contributed by atoms with E-state index in [1.165, 1.54) is 6.20 Å². The molecule has 2 aromatic carbocycles. The van der Waals surface area contributed by atoms with E-state index in [0.29, 0.717) is 26.9 Å². The number of carbonyl (C=O) groups excluding carboxylic acids is 2. The molecular weight excluding hydrogens is 411 g/mol. The van der Waals surface area contributed by atoms with Gasteiger partial charge in [0, 0.05) is 22.5 Å². The highest BCUT2D eigenvalue weighted by Crippen LogP contribution is 2.29. The average Bonchev–Trinajstić information content (AvgIpc) is 2.68. The number of carbonyl (C=O) groups is 2. The summed E-state index contributed by atoms with van der Waals surface area (Å²) in [6.45, 7) is 5.32. The van der Waals surface area contributed by atoms with Crippen molar-refractivity contribution in [2.45, 2.75) is 32.4 Å². The topological polar surface area (TPSA) is 68.3 Å². The van der Waals surface area contributed by atoms with Gasteiger partial charge in [0.1, 0.15) is 10.8 Å². The standard InChI is InChI=1S/C22H20Cl2N2O3/c1-22(2,3)29-21(28)18(13-7-5-4-6-8-13)26-20(27)14-9-10-15-16(11-14)19(24)25-12-17(15)23/h4-12,18H,1-3H3,(H,26,27)/t18-/m1/s1. The van der Waals surface area contributed by atoms with Gasteiger partial charge in [-0.1, -0.05) is 59.6 Å².